The van der Waals surface area contributed by atoms with Crippen LogP contribution in [0.4, 0.5) is 20.2 Å². The van der Waals surface area contributed by atoms with Crippen molar-refractivity contribution in [2.45, 2.75) is 46.6 Å². The number of hydrogen-bond donors (Lipinski definition) is 1. The van der Waals surface area contributed by atoms with Gasteiger partial charge in [0.2, 0.25) is 0 Å². The second-order valence-corrected chi connectivity index (χ2v) is 16.2. The summed E-state index contributed by atoms with van der Waals surface area (Å²) in [6.07, 6.45) is 0. The molecule has 4 aromatic rings. The predicted molar refractivity (Wildman–Crippen MR) is 165 cm³/mol. The van der Waals surface area contributed by atoms with Gasteiger partial charge in [0.15, 0.2) is 0 Å². The van der Waals surface area contributed by atoms with Gasteiger partial charge in [-0.15, -0.1) is 0 Å². The molecule has 0 saturated carbocycles. The summed E-state index contributed by atoms with van der Waals surface area (Å²) in [5.41, 5.74) is 1.90. The Hall–Kier alpha value is -3.72. The summed E-state index contributed by atoms with van der Waals surface area (Å²) in [5.74, 6) is 5.92. The number of benzene rings is 4. The Balaban J connectivity index is 1.67. The fourth-order valence-corrected chi connectivity index (χ4v) is 9.66. The lowest BCUT2D eigenvalue weighted by atomic mass is 9.95. The zero-order chi connectivity index (χ0) is 29.0. The minimum Gasteiger partial charge on any atom is -0.406 e. The molecule has 0 radical (unpaired) electrons. The zero-order valence-electron chi connectivity index (χ0n) is 24.1. The third-order valence-electron chi connectivity index (χ3n) is 7.02. The molecule has 0 fully saturated rings. The van der Waals surface area contributed by atoms with E-state index in [1.807, 2.05) is 26.0 Å². The summed E-state index contributed by atoms with van der Waals surface area (Å²) >= 11 is 0. The van der Waals surface area contributed by atoms with E-state index in [-0.39, 0.29) is 16.7 Å². The highest BCUT2D eigenvalue weighted by Crippen LogP contribution is 2.38. The Kier molecular flexibility index (Phi) is 8.63. The molecule has 0 amide bonds. The molecule has 5 heteroatoms. The molecule has 0 heterocycles. The first-order chi connectivity index (χ1) is 18.9. The van der Waals surface area contributed by atoms with Gasteiger partial charge in [0.05, 0.1) is 17.9 Å². The van der Waals surface area contributed by atoms with Crippen molar-refractivity contribution in [1.82, 2.24) is 0 Å². The largest absolute Gasteiger partial charge is 0.406 e. The van der Waals surface area contributed by atoms with Gasteiger partial charge in [-0.05, 0) is 78.1 Å². The van der Waals surface area contributed by atoms with Crippen LogP contribution in [0.3, 0.4) is 0 Å². The van der Waals surface area contributed by atoms with Gasteiger partial charge >= 0.3 is 0 Å². The van der Waals surface area contributed by atoms with Crippen LogP contribution >= 0.6 is 0 Å². The van der Waals surface area contributed by atoms with E-state index in [9.17, 15) is 8.78 Å². The van der Waals surface area contributed by atoms with E-state index in [1.165, 1.54) is 28.6 Å². The first-order valence-corrected chi connectivity index (χ1v) is 15.4. The van der Waals surface area contributed by atoms with Crippen molar-refractivity contribution in [3.63, 3.8) is 0 Å². The third kappa shape index (κ3) is 6.52. The number of hydrogen-bond acceptors (Lipinski definition) is 2. The van der Waals surface area contributed by atoms with Gasteiger partial charge in [0.1, 0.15) is 11.6 Å². The van der Waals surface area contributed by atoms with Crippen LogP contribution in [0.1, 0.15) is 45.7 Å². The summed E-state index contributed by atoms with van der Waals surface area (Å²) in [7, 11) is -2.72. The molecule has 4 aromatic carbocycles. The SMILES string of the molecule is Cc1cc(Nc2ccc(F)cc2C#CC(C)(C)CO[Si](c2ccccc2)(c2ccccc2)C(C)(C)C)ccc1F. The van der Waals surface area contributed by atoms with E-state index in [0.29, 0.717) is 29.1 Å². The van der Waals surface area contributed by atoms with Gasteiger partial charge in [-0.3, -0.25) is 0 Å². The molecular weight excluding hydrogens is 516 g/mol. The van der Waals surface area contributed by atoms with E-state index in [1.54, 1.807) is 25.1 Å². The maximum absolute atomic E-state index is 14.3. The molecule has 0 aliphatic rings. The van der Waals surface area contributed by atoms with Crippen LogP contribution in [0.25, 0.3) is 0 Å². The van der Waals surface area contributed by atoms with E-state index >= 15 is 0 Å². The smallest absolute Gasteiger partial charge is 0.261 e. The normalized spacial score (nSPS) is 12.0. The summed E-state index contributed by atoms with van der Waals surface area (Å²) in [4.78, 5) is 0. The maximum atomic E-state index is 14.3. The van der Waals surface area contributed by atoms with Crippen molar-refractivity contribution in [3.8, 4) is 11.8 Å². The van der Waals surface area contributed by atoms with Crippen molar-refractivity contribution in [2.24, 2.45) is 5.41 Å². The number of rotatable bonds is 7. The lowest BCUT2D eigenvalue weighted by Gasteiger charge is -2.44. The average Bonchev–Trinajstić information content (AvgIpc) is 2.92. The van der Waals surface area contributed by atoms with Crippen molar-refractivity contribution in [3.05, 3.63) is 120 Å². The summed E-state index contributed by atoms with van der Waals surface area (Å²) < 4.78 is 35.1. The quantitative estimate of drug-likeness (QED) is 0.185. The molecule has 0 spiro atoms. The summed E-state index contributed by atoms with van der Waals surface area (Å²) in [6.45, 7) is 13.0. The molecule has 0 aromatic heterocycles. The molecular formula is C35H37F2NOSi. The van der Waals surface area contributed by atoms with Gasteiger partial charge in [0.25, 0.3) is 8.32 Å². The minimum atomic E-state index is -2.72. The molecule has 0 saturated heterocycles. The van der Waals surface area contributed by atoms with Gasteiger partial charge in [-0.1, -0.05) is 93.3 Å². The number of anilines is 2. The molecule has 0 bridgehead atoms. The van der Waals surface area contributed by atoms with Gasteiger partial charge in [-0.25, -0.2) is 8.78 Å². The second-order valence-electron chi connectivity index (χ2n) is 11.9. The predicted octanol–water partition coefficient (Wildman–Crippen LogP) is 7.97. The monoisotopic (exact) mass is 553 g/mol. The van der Waals surface area contributed by atoms with Crippen LogP contribution in [0.5, 0.6) is 0 Å². The molecule has 2 nitrogen and oxygen atoms in total. The van der Waals surface area contributed by atoms with Crippen molar-refractivity contribution >= 4 is 30.1 Å². The van der Waals surface area contributed by atoms with Crippen molar-refractivity contribution < 1.29 is 13.2 Å². The van der Waals surface area contributed by atoms with E-state index in [4.69, 9.17) is 4.43 Å². The lowest BCUT2D eigenvalue weighted by molar-refractivity contribution is 0.216. The molecule has 206 valence electrons. The molecule has 0 unspecified atom stereocenters. The Labute approximate surface area is 238 Å². The average molecular weight is 554 g/mol. The maximum Gasteiger partial charge on any atom is 0.261 e. The van der Waals surface area contributed by atoms with Crippen LogP contribution < -0.4 is 15.7 Å². The van der Waals surface area contributed by atoms with Gasteiger partial charge in [0, 0.05) is 11.1 Å². The van der Waals surface area contributed by atoms with Crippen molar-refractivity contribution in [1.29, 1.82) is 0 Å². The Morgan fingerprint density at radius 1 is 0.775 bits per heavy atom. The van der Waals surface area contributed by atoms with Crippen LogP contribution in [-0.4, -0.2) is 14.9 Å². The van der Waals surface area contributed by atoms with Crippen LogP contribution in [0.15, 0.2) is 97.1 Å². The highest BCUT2D eigenvalue weighted by molar-refractivity contribution is 6.99. The standard InChI is InChI=1S/C35H37F2NOSi/c1-26-23-29(18-19-32(26)37)38-33-20-17-28(36)24-27(33)21-22-35(5,6)25-39-40(34(2,3)4,30-13-9-7-10-14-30)31-15-11-8-12-16-31/h7-20,23-24,38H,25H2,1-6H3. The number of halogens is 2. The van der Waals surface area contributed by atoms with Crippen LogP contribution in [0.2, 0.25) is 5.04 Å². The highest BCUT2D eigenvalue weighted by Gasteiger charge is 2.50. The summed E-state index contributed by atoms with van der Waals surface area (Å²) in [6, 6.07) is 30.3. The van der Waals surface area contributed by atoms with E-state index in [2.05, 4.69) is 86.5 Å². The third-order valence-corrected chi connectivity index (χ3v) is 12.0. The molecule has 1 N–H and O–H groups in total. The fourth-order valence-electron chi connectivity index (χ4n) is 4.93. The minimum absolute atomic E-state index is 0.147. The van der Waals surface area contributed by atoms with Gasteiger partial charge in [-0.2, -0.15) is 0 Å². The second kappa shape index (κ2) is 11.8. The number of aryl methyl sites for hydroxylation is 1. The van der Waals surface area contributed by atoms with Crippen molar-refractivity contribution in [2.75, 3.05) is 11.9 Å². The Morgan fingerprint density at radius 3 is 1.93 bits per heavy atom. The van der Waals surface area contributed by atoms with Crippen LogP contribution in [0, 0.1) is 35.8 Å². The molecule has 4 rings (SSSR count). The van der Waals surface area contributed by atoms with E-state index < -0.39 is 13.7 Å². The van der Waals surface area contributed by atoms with E-state index in [0.717, 1.165) is 0 Å². The lowest BCUT2D eigenvalue weighted by Crippen LogP contribution is -2.67. The molecule has 40 heavy (non-hydrogen) atoms. The molecule has 0 aliphatic heterocycles. The topological polar surface area (TPSA) is 21.3 Å². The Bertz CT molecular complexity index is 1480. The molecule has 0 atom stereocenters. The first kappa shape index (κ1) is 29.3. The number of nitrogens with one attached hydrogen (secondary N) is 1. The Morgan fingerprint density at radius 2 is 1.38 bits per heavy atom. The molecule has 0 aliphatic carbocycles. The van der Waals surface area contributed by atoms with Crippen LogP contribution in [-0.2, 0) is 4.43 Å². The fraction of sp³-hybridized carbons (Fsp3) is 0.257. The highest BCUT2D eigenvalue weighted by atomic mass is 28.4. The first-order valence-electron chi connectivity index (χ1n) is 13.5. The summed E-state index contributed by atoms with van der Waals surface area (Å²) in [5, 5.41) is 5.54. The zero-order valence-corrected chi connectivity index (χ0v) is 25.1. The van der Waals surface area contributed by atoms with Gasteiger partial charge < -0.3 is 9.74 Å².